The van der Waals surface area contributed by atoms with Crippen molar-refractivity contribution in [3.8, 4) is 5.75 Å². The molecule has 0 aliphatic heterocycles. The van der Waals surface area contributed by atoms with Crippen LogP contribution in [0.5, 0.6) is 5.75 Å². The molecule has 0 aromatic carbocycles. The highest BCUT2D eigenvalue weighted by Crippen LogP contribution is 2.11. The zero-order chi connectivity index (χ0) is 11.1. The van der Waals surface area contributed by atoms with Gasteiger partial charge >= 0.3 is 5.97 Å². The second-order valence-corrected chi connectivity index (χ2v) is 2.99. The van der Waals surface area contributed by atoms with E-state index in [1.165, 1.54) is 18.5 Å². The highest BCUT2D eigenvalue weighted by Gasteiger charge is 2.04. The van der Waals surface area contributed by atoms with Crippen molar-refractivity contribution in [3.63, 3.8) is 0 Å². The average molecular weight is 211 g/mol. The number of nitrogens with zero attached hydrogens (tertiary/aromatic N) is 1. The summed E-state index contributed by atoms with van der Waals surface area (Å²) < 4.78 is 5.26. The molecule has 5 nitrogen and oxygen atoms in total. The van der Waals surface area contributed by atoms with Crippen LogP contribution in [0.15, 0.2) is 18.5 Å². The molecule has 0 spiro atoms. The highest BCUT2D eigenvalue weighted by atomic mass is 16.5. The van der Waals surface area contributed by atoms with Gasteiger partial charge in [-0.15, -0.1) is 0 Å². The molecule has 0 aliphatic carbocycles. The fraction of sp³-hybridized carbons (Fsp3) is 0.400. The monoisotopic (exact) mass is 211 g/mol. The van der Waals surface area contributed by atoms with Gasteiger partial charge in [-0.3, -0.25) is 4.98 Å². The molecule has 0 fully saturated rings. The van der Waals surface area contributed by atoms with Crippen molar-refractivity contribution in [2.45, 2.75) is 12.8 Å². The Balaban J connectivity index is 2.47. The number of carboxylic acids is 1. The van der Waals surface area contributed by atoms with E-state index in [1.54, 1.807) is 0 Å². The quantitative estimate of drug-likeness (QED) is 0.684. The number of aromatic nitrogens is 1. The minimum atomic E-state index is -1.02. The first-order chi connectivity index (χ1) is 7.24. The molecule has 1 heterocycles. The number of unbranched alkanes of at least 4 members (excludes halogenated alkanes) is 1. The first-order valence-corrected chi connectivity index (χ1v) is 4.66. The lowest BCUT2D eigenvalue weighted by Gasteiger charge is -2.05. The van der Waals surface area contributed by atoms with Crippen molar-refractivity contribution in [3.05, 3.63) is 24.0 Å². The first-order valence-electron chi connectivity index (χ1n) is 4.66. The molecule has 0 unspecified atom stereocenters. The summed E-state index contributed by atoms with van der Waals surface area (Å²) in [5.74, 6) is -0.587. The third-order valence-corrected chi connectivity index (χ3v) is 1.78. The van der Waals surface area contributed by atoms with Gasteiger partial charge in [-0.2, -0.15) is 0 Å². The summed E-state index contributed by atoms with van der Waals surface area (Å²) in [6, 6.07) is 1.42. The third kappa shape index (κ3) is 3.95. The summed E-state index contributed by atoms with van der Waals surface area (Å²) in [5, 5.41) is 17.2. The number of pyridine rings is 1. The fourth-order valence-electron chi connectivity index (χ4n) is 1.02. The van der Waals surface area contributed by atoms with Crippen LogP contribution >= 0.6 is 0 Å². The molecule has 1 rings (SSSR count). The van der Waals surface area contributed by atoms with Crippen LogP contribution in [-0.4, -0.2) is 34.4 Å². The molecule has 1 aromatic heterocycles. The van der Waals surface area contributed by atoms with Crippen LogP contribution in [0, 0.1) is 0 Å². The maximum atomic E-state index is 10.6. The summed E-state index contributed by atoms with van der Waals surface area (Å²) in [4.78, 5) is 14.4. The number of ether oxygens (including phenoxy) is 1. The molecule has 0 aliphatic rings. The molecule has 5 heteroatoms. The predicted molar refractivity (Wildman–Crippen MR) is 53.0 cm³/mol. The number of aliphatic hydroxyl groups is 1. The molecule has 0 saturated heterocycles. The largest absolute Gasteiger partial charge is 0.492 e. The number of hydrogen-bond acceptors (Lipinski definition) is 4. The normalized spacial score (nSPS) is 9.93. The van der Waals surface area contributed by atoms with Gasteiger partial charge in [0.15, 0.2) is 0 Å². The topological polar surface area (TPSA) is 79.7 Å². The molecule has 0 atom stereocenters. The number of carboxylic acid groups (broad SMARTS) is 1. The molecule has 82 valence electrons. The Kier molecular flexibility index (Phi) is 4.56. The minimum Gasteiger partial charge on any atom is -0.492 e. The van der Waals surface area contributed by atoms with Gasteiger partial charge in [-0.25, -0.2) is 4.79 Å². The maximum absolute atomic E-state index is 10.6. The summed E-state index contributed by atoms with van der Waals surface area (Å²) in [7, 11) is 0. The first kappa shape index (κ1) is 11.5. The fourth-order valence-corrected chi connectivity index (χ4v) is 1.02. The van der Waals surface area contributed by atoms with Gasteiger partial charge in [-0.05, 0) is 18.9 Å². The maximum Gasteiger partial charge on any atom is 0.337 e. The number of carbonyl (C=O) groups is 1. The van der Waals surface area contributed by atoms with E-state index in [0.29, 0.717) is 18.8 Å². The van der Waals surface area contributed by atoms with E-state index in [9.17, 15) is 4.79 Å². The van der Waals surface area contributed by atoms with Crippen LogP contribution in [0.1, 0.15) is 23.2 Å². The number of rotatable bonds is 6. The van der Waals surface area contributed by atoms with E-state index in [1.807, 2.05) is 0 Å². The second kappa shape index (κ2) is 5.98. The van der Waals surface area contributed by atoms with Crippen molar-refractivity contribution >= 4 is 5.97 Å². The Morgan fingerprint density at radius 2 is 2.20 bits per heavy atom. The Labute approximate surface area is 87.3 Å². The number of aromatic carboxylic acids is 1. The molecule has 2 N–H and O–H groups in total. The smallest absolute Gasteiger partial charge is 0.337 e. The Morgan fingerprint density at radius 3 is 2.87 bits per heavy atom. The SMILES string of the molecule is O=C(O)c1cncc(OCCCCO)c1. The molecule has 0 saturated carbocycles. The van der Waals surface area contributed by atoms with Gasteiger partial charge in [-0.1, -0.05) is 0 Å². The van der Waals surface area contributed by atoms with E-state index in [0.717, 1.165) is 6.42 Å². The second-order valence-electron chi connectivity index (χ2n) is 2.99. The molecule has 0 radical (unpaired) electrons. The van der Waals surface area contributed by atoms with Crippen LogP contribution in [0.2, 0.25) is 0 Å². The Hall–Kier alpha value is -1.62. The molecule has 0 amide bonds. The van der Waals surface area contributed by atoms with E-state index < -0.39 is 5.97 Å². The zero-order valence-electron chi connectivity index (χ0n) is 8.22. The van der Waals surface area contributed by atoms with E-state index in [2.05, 4.69) is 4.98 Å². The summed E-state index contributed by atoms with van der Waals surface area (Å²) in [6.07, 6.45) is 4.13. The average Bonchev–Trinajstić information content (AvgIpc) is 2.25. The van der Waals surface area contributed by atoms with Crippen LogP contribution in [0.25, 0.3) is 0 Å². The van der Waals surface area contributed by atoms with E-state index >= 15 is 0 Å². The van der Waals surface area contributed by atoms with Gasteiger partial charge in [0.25, 0.3) is 0 Å². The van der Waals surface area contributed by atoms with Gasteiger partial charge in [0.05, 0.1) is 18.4 Å². The van der Waals surface area contributed by atoms with Gasteiger partial charge < -0.3 is 14.9 Å². The van der Waals surface area contributed by atoms with Crippen LogP contribution in [0.4, 0.5) is 0 Å². The van der Waals surface area contributed by atoms with Crippen molar-refractivity contribution in [1.82, 2.24) is 4.98 Å². The summed E-state index contributed by atoms with van der Waals surface area (Å²) >= 11 is 0. The van der Waals surface area contributed by atoms with Gasteiger partial charge in [0, 0.05) is 12.8 Å². The van der Waals surface area contributed by atoms with Crippen molar-refractivity contribution in [2.24, 2.45) is 0 Å². The third-order valence-electron chi connectivity index (χ3n) is 1.78. The molecule has 1 aromatic rings. The number of aliphatic hydroxyl groups excluding tert-OH is 1. The van der Waals surface area contributed by atoms with E-state index in [4.69, 9.17) is 14.9 Å². The van der Waals surface area contributed by atoms with Crippen molar-refractivity contribution in [1.29, 1.82) is 0 Å². The Morgan fingerprint density at radius 1 is 1.40 bits per heavy atom. The molecule has 0 bridgehead atoms. The van der Waals surface area contributed by atoms with E-state index in [-0.39, 0.29) is 12.2 Å². The van der Waals surface area contributed by atoms with Crippen molar-refractivity contribution < 1.29 is 19.7 Å². The lowest BCUT2D eigenvalue weighted by atomic mass is 10.3. The standard InChI is InChI=1S/C10H13NO4/c12-3-1-2-4-15-9-5-8(10(13)14)6-11-7-9/h5-7,12H,1-4H2,(H,13,14). The molecule has 15 heavy (non-hydrogen) atoms. The van der Waals surface area contributed by atoms with Crippen molar-refractivity contribution in [2.75, 3.05) is 13.2 Å². The van der Waals surface area contributed by atoms with Gasteiger partial charge in [0.2, 0.25) is 0 Å². The predicted octanol–water partition coefficient (Wildman–Crippen LogP) is 0.931. The zero-order valence-corrected chi connectivity index (χ0v) is 8.22. The summed E-state index contributed by atoms with van der Waals surface area (Å²) in [6.45, 7) is 0.585. The molecular weight excluding hydrogens is 198 g/mol. The lowest BCUT2D eigenvalue weighted by Crippen LogP contribution is -2.02. The van der Waals surface area contributed by atoms with Crippen LogP contribution < -0.4 is 4.74 Å². The highest BCUT2D eigenvalue weighted by molar-refractivity contribution is 5.87. The van der Waals surface area contributed by atoms with Crippen LogP contribution in [0.3, 0.4) is 0 Å². The lowest BCUT2D eigenvalue weighted by molar-refractivity contribution is 0.0696. The molecular formula is C10H13NO4. The Bertz CT molecular complexity index is 327. The summed E-state index contributed by atoms with van der Waals surface area (Å²) in [5.41, 5.74) is 0.106. The number of hydrogen-bond donors (Lipinski definition) is 2. The minimum absolute atomic E-state index is 0.106. The van der Waals surface area contributed by atoms with Gasteiger partial charge in [0.1, 0.15) is 5.75 Å². The van der Waals surface area contributed by atoms with Crippen LogP contribution in [-0.2, 0) is 0 Å².